The summed E-state index contributed by atoms with van der Waals surface area (Å²) in [5, 5.41) is 8.72. The van der Waals surface area contributed by atoms with Crippen LogP contribution in [0.2, 0.25) is 0 Å². The van der Waals surface area contributed by atoms with E-state index in [1.807, 2.05) is 26.0 Å². The van der Waals surface area contributed by atoms with Gasteiger partial charge in [-0.25, -0.2) is 0 Å². The molecule has 0 spiro atoms. The Hall–Kier alpha value is -1.23. The summed E-state index contributed by atoms with van der Waals surface area (Å²) in [6, 6.07) is 3.73. The zero-order valence-corrected chi connectivity index (χ0v) is 12.8. The molecular weight excluding hydrogens is 312 g/mol. The van der Waals surface area contributed by atoms with E-state index < -0.39 is 5.97 Å². The van der Waals surface area contributed by atoms with Crippen molar-refractivity contribution in [2.45, 2.75) is 33.1 Å². The molecule has 0 bridgehead atoms. The average Bonchev–Trinajstić information content (AvgIpc) is 2.36. The first-order valence-corrected chi connectivity index (χ1v) is 7.17. The highest BCUT2D eigenvalue weighted by Crippen LogP contribution is 2.37. The summed E-state index contributed by atoms with van der Waals surface area (Å²) in [6.45, 7) is 5.10. The molecule has 0 aromatic heterocycles. The smallest absolute Gasteiger partial charge is 0.303 e. The van der Waals surface area contributed by atoms with E-state index in [1.165, 1.54) is 0 Å². The van der Waals surface area contributed by atoms with Crippen LogP contribution < -0.4 is 9.47 Å². The van der Waals surface area contributed by atoms with Crippen molar-refractivity contribution in [2.75, 3.05) is 13.2 Å². The fourth-order valence-corrected chi connectivity index (χ4v) is 2.23. The van der Waals surface area contributed by atoms with Crippen LogP contribution in [0.5, 0.6) is 11.5 Å². The van der Waals surface area contributed by atoms with Gasteiger partial charge in [-0.1, -0.05) is 6.92 Å². The number of halogens is 1. The number of hydrogen-bond acceptors (Lipinski definition) is 3. The van der Waals surface area contributed by atoms with Gasteiger partial charge in [0, 0.05) is 6.42 Å². The minimum absolute atomic E-state index is 0.104. The Kier molecular flexibility index (Phi) is 6.70. The lowest BCUT2D eigenvalue weighted by molar-refractivity contribution is -0.136. The van der Waals surface area contributed by atoms with Crippen LogP contribution in [0.3, 0.4) is 0 Å². The maximum absolute atomic E-state index is 10.6. The molecule has 0 saturated carbocycles. The normalized spacial score (nSPS) is 10.3. The van der Waals surface area contributed by atoms with Crippen LogP contribution in [-0.4, -0.2) is 24.3 Å². The Bertz CT molecular complexity index is 432. The van der Waals surface area contributed by atoms with Crippen molar-refractivity contribution in [2.24, 2.45) is 0 Å². The Labute approximate surface area is 121 Å². The second-order valence-corrected chi connectivity index (χ2v) is 4.93. The summed E-state index contributed by atoms with van der Waals surface area (Å²) >= 11 is 3.45. The number of carboxylic acids is 1. The Morgan fingerprint density at radius 3 is 2.63 bits per heavy atom. The molecule has 0 saturated heterocycles. The van der Waals surface area contributed by atoms with Crippen molar-refractivity contribution < 1.29 is 19.4 Å². The summed E-state index contributed by atoms with van der Waals surface area (Å²) in [7, 11) is 0. The van der Waals surface area contributed by atoms with Crippen molar-refractivity contribution in [1.82, 2.24) is 0 Å². The number of carbonyl (C=O) groups is 1. The van der Waals surface area contributed by atoms with Crippen LogP contribution in [0.1, 0.15) is 32.3 Å². The monoisotopic (exact) mass is 330 g/mol. The quantitative estimate of drug-likeness (QED) is 0.790. The zero-order chi connectivity index (χ0) is 14.3. The van der Waals surface area contributed by atoms with E-state index in [2.05, 4.69) is 15.9 Å². The molecule has 0 aliphatic carbocycles. The van der Waals surface area contributed by atoms with Crippen LogP contribution in [0.4, 0.5) is 0 Å². The van der Waals surface area contributed by atoms with E-state index in [-0.39, 0.29) is 6.42 Å². The van der Waals surface area contributed by atoms with Crippen molar-refractivity contribution in [1.29, 1.82) is 0 Å². The lowest BCUT2D eigenvalue weighted by Crippen LogP contribution is -2.03. The number of benzene rings is 1. The molecule has 4 nitrogen and oxygen atoms in total. The van der Waals surface area contributed by atoms with Crippen molar-refractivity contribution in [3.8, 4) is 11.5 Å². The molecule has 5 heteroatoms. The molecule has 0 radical (unpaired) electrons. The summed E-state index contributed by atoms with van der Waals surface area (Å²) in [6.07, 6.45) is 1.49. The molecule has 1 rings (SSSR count). The minimum atomic E-state index is -0.805. The van der Waals surface area contributed by atoms with Gasteiger partial charge in [0.2, 0.25) is 0 Å². The van der Waals surface area contributed by atoms with Gasteiger partial charge in [-0.3, -0.25) is 4.79 Å². The predicted octanol–water partition coefficient (Wildman–Crippen LogP) is 3.65. The van der Waals surface area contributed by atoms with E-state index >= 15 is 0 Å². The summed E-state index contributed by atoms with van der Waals surface area (Å²) in [5.41, 5.74) is 0.918. The Balaban J connectivity index is 2.95. The van der Waals surface area contributed by atoms with Gasteiger partial charge in [0.25, 0.3) is 0 Å². The lowest BCUT2D eigenvalue weighted by Gasteiger charge is -2.15. The van der Waals surface area contributed by atoms with Gasteiger partial charge < -0.3 is 14.6 Å². The predicted molar refractivity (Wildman–Crippen MR) is 77.1 cm³/mol. The minimum Gasteiger partial charge on any atom is -0.490 e. The molecule has 0 atom stereocenters. The van der Waals surface area contributed by atoms with Gasteiger partial charge >= 0.3 is 5.97 Å². The molecular formula is C14H19BrO4. The molecule has 0 aliphatic rings. The van der Waals surface area contributed by atoms with Crippen LogP contribution in [0, 0.1) is 0 Å². The van der Waals surface area contributed by atoms with Gasteiger partial charge in [0.05, 0.1) is 17.7 Å². The highest BCUT2D eigenvalue weighted by Gasteiger charge is 2.12. The van der Waals surface area contributed by atoms with Crippen LogP contribution >= 0.6 is 15.9 Å². The van der Waals surface area contributed by atoms with E-state index in [0.717, 1.165) is 16.5 Å². The summed E-state index contributed by atoms with van der Waals surface area (Å²) in [4.78, 5) is 10.6. The Morgan fingerprint density at radius 2 is 2.05 bits per heavy atom. The first-order chi connectivity index (χ1) is 9.08. The second-order valence-electron chi connectivity index (χ2n) is 4.08. The molecule has 1 aromatic rings. The zero-order valence-electron chi connectivity index (χ0n) is 11.2. The molecule has 106 valence electrons. The standard InChI is InChI=1S/C14H19BrO4/c1-3-7-19-14-11(15)8-10(5-6-13(16)17)9-12(14)18-4-2/h8-9H,3-7H2,1-2H3,(H,16,17). The third-order valence-corrected chi connectivity index (χ3v) is 3.04. The van der Waals surface area contributed by atoms with Gasteiger partial charge in [0.1, 0.15) is 0 Å². The van der Waals surface area contributed by atoms with Crippen LogP contribution in [-0.2, 0) is 11.2 Å². The maximum Gasteiger partial charge on any atom is 0.303 e. The van der Waals surface area contributed by atoms with E-state index in [0.29, 0.717) is 31.1 Å². The van der Waals surface area contributed by atoms with E-state index in [1.54, 1.807) is 0 Å². The first-order valence-electron chi connectivity index (χ1n) is 6.38. The highest BCUT2D eigenvalue weighted by atomic mass is 79.9. The molecule has 0 amide bonds. The van der Waals surface area contributed by atoms with Crippen molar-refractivity contribution in [3.63, 3.8) is 0 Å². The molecule has 1 N–H and O–H groups in total. The highest BCUT2D eigenvalue weighted by molar-refractivity contribution is 9.10. The van der Waals surface area contributed by atoms with Gasteiger partial charge in [-0.05, 0) is 53.4 Å². The lowest BCUT2D eigenvalue weighted by atomic mass is 10.1. The van der Waals surface area contributed by atoms with Gasteiger partial charge in [-0.2, -0.15) is 0 Å². The van der Waals surface area contributed by atoms with Crippen LogP contribution in [0.25, 0.3) is 0 Å². The fourth-order valence-electron chi connectivity index (χ4n) is 1.62. The SMILES string of the molecule is CCCOc1c(Br)cc(CCC(=O)O)cc1OCC. The molecule has 1 aromatic carbocycles. The molecule has 0 unspecified atom stereocenters. The molecule has 0 fully saturated rings. The number of carboxylic acid groups (broad SMARTS) is 1. The van der Waals surface area contributed by atoms with Crippen molar-refractivity contribution >= 4 is 21.9 Å². The maximum atomic E-state index is 10.6. The van der Waals surface area contributed by atoms with E-state index in [4.69, 9.17) is 14.6 Å². The second kappa shape index (κ2) is 8.04. The van der Waals surface area contributed by atoms with E-state index in [9.17, 15) is 4.79 Å². The topological polar surface area (TPSA) is 55.8 Å². The van der Waals surface area contributed by atoms with Gasteiger partial charge in [-0.15, -0.1) is 0 Å². The molecule has 0 aliphatic heterocycles. The molecule has 0 heterocycles. The number of aryl methyl sites for hydroxylation is 1. The summed E-state index contributed by atoms with van der Waals surface area (Å²) in [5.74, 6) is 0.536. The summed E-state index contributed by atoms with van der Waals surface area (Å²) < 4.78 is 12.0. The average molecular weight is 331 g/mol. The molecule has 19 heavy (non-hydrogen) atoms. The third kappa shape index (κ3) is 5.11. The van der Waals surface area contributed by atoms with Crippen molar-refractivity contribution in [3.05, 3.63) is 22.2 Å². The van der Waals surface area contributed by atoms with Crippen LogP contribution in [0.15, 0.2) is 16.6 Å². The number of hydrogen-bond donors (Lipinski definition) is 1. The third-order valence-electron chi connectivity index (χ3n) is 2.45. The first kappa shape index (κ1) is 15.8. The Morgan fingerprint density at radius 1 is 1.32 bits per heavy atom. The number of aliphatic carboxylic acids is 1. The number of rotatable bonds is 8. The fraction of sp³-hybridized carbons (Fsp3) is 0.500. The largest absolute Gasteiger partial charge is 0.490 e. The number of ether oxygens (including phenoxy) is 2. The van der Waals surface area contributed by atoms with Gasteiger partial charge in [0.15, 0.2) is 11.5 Å².